The first-order chi connectivity index (χ1) is 13.5. The summed E-state index contributed by atoms with van der Waals surface area (Å²) in [5.74, 6) is -0.607. The van der Waals surface area contributed by atoms with Crippen molar-refractivity contribution in [3.8, 4) is 0 Å². The Morgan fingerprint density at radius 3 is 2.21 bits per heavy atom. The number of halogens is 1. The van der Waals surface area contributed by atoms with Crippen LogP contribution in [0.5, 0.6) is 0 Å². The van der Waals surface area contributed by atoms with E-state index < -0.39 is 12.0 Å². The van der Waals surface area contributed by atoms with Gasteiger partial charge in [-0.3, -0.25) is 9.59 Å². The minimum atomic E-state index is -0.419. The van der Waals surface area contributed by atoms with E-state index in [1.54, 1.807) is 0 Å². The highest BCUT2D eigenvalue weighted by Crippen LogP contribution is 2.49. The summed E-state index contributed by atoms with van der Waals surface area (Å²) in [4.78, 5) is 28.3. The van der Waals surface area contributed by atoms with Gasteiger partial charge in [-0.2, -0.15) is 0 Å². The molecule has 0 radical (unpaired) electrons. The number of fused-ring (bicyclic) bond motifs is 3. The molecule has 5 rings (SSSR count). The number of nitrogens with zero attached hydrogens (tertiary/aromatic N) is 3. The van der Waals surface area contributed by atoms with E-state index in [0.717, 1.165) is 36.2 Å². The molecule has 28 heavy (non-hydrogen) atoms. The molecule has 3 saturated heterocycles. The predicted molar refractivity (Wildman–Crippen MR) is 108 cm³/mol. The first kappa shape index (κ1) is 17.9. The fourth-order valence-electron chi connectivity index (χ4n) is 4.89. The van der Waals surface area contributed by atoms with Gasteiger partial charge in [0.25, 0.3) is 5.91 Å². The topological polar surface area (TPSA) is 43.9 Å². The van der Waals surface area contributed by atoms with Crippen molar-refractivity contribution in [2.75, 3.05) is 18.0 Å². The average Bonchev–Trinajstić information content (AvgIpc) is 3.31. The number of imide groups is 1. The van der Waals surface area contributed by atoms with Crippen molar-refractivity contribution in [1.82, 2.24) is 10.0 Å². The fraction of sp³-hybridized carbons (Fsp3) is 0.364. The molecule has 5 nitrogen and oxygen atoms in total. The Labute approximate surface area is 169 Å². The second-order valence-corrected chi connectivity index (χ2v) is 8.36. The fourth-order valence-corrected chi connectivity index (χ4v) is 5.02. The van der Waals surface area contributed by atoms with Crippen LogP contribution in [0.1, 0.15) is 29.2 Å². The van der Waals surface area contributed by atoms with Gasteiger partial charge in [0.15, 0.2) is 0 Å². The second kappa shape index (κ2) is 6.41. The van der Waals surface area contributed by atoms with Crippen molar-refractivity contribution >= 4 is 29.1 Å². The molecule has 2 amide bonds. The van der Waals surface area contributed by atoms with Gasteiger partial charge in [0.1, 0.15) is 6.04 Å². The molecule has 6 heteroatoms. The number of rotatable bonds is 2. The highest BCUT2D eigenvalue weighted by atomic mass is 35.5. The minimum absolute atomic E-state index is 0.104. The summed E-state index contributed by atoms with van der Waals surface area (Å²) in [5, 5.41) is 5.00. The first-order valence-corrected chi connectivity index (χ1v) is 10.1. The SMILES string of the molecule is Cc1ccc(N2C(=O)[C@H]3[C@@H](c4ccc(Cl)cc4)N4CCCN4[C@H]3C2=O)cc1C. The van der Waals surface area contributed by atoms with Crippen LogP contribution < -0.4 is 4.90 Å². The number of hydrazine groups is 1. The van der Waals surface area contributed by atoms with Gasteiger partial charge < -0.3 is 0 Å². The van der Waals surface area contributed by atoms with E-state index in [0.29, 0.717) is 10.7 Å². The predicted octanol–water partition coefficient (Wildman–Crippen LogP) is 3.49. The lowest BCUT2D eigenvalue weighted by atomic mass is 9.90. The van der Waals surface area contributed by atoms with E-state index in [1.807, 2.05) is 56.3 Å². The van der Waals surface area contributed by atoms with Gasteiger partial charge in [-0.05, 0) is 61.2 Å². The number of aryl methyl sites for hydroxylation is 2. The van der Waals surface area contributed by atoms with Crippen molar-refractivity contribution in [1.29, 1.82) is 0 Å². The molecular weight excluding hydrogens is 374 g/mol. The molecule has 3 heterocycles. The Kier molecular flexibility index (Phi) is 4.09. The minimum Gasteiger partial charge on any atom is -0.274 e. The van der Waals surface area contributed by atoms with Gasteiger partial charge in [0.2, 0.25) is 5.91 Å². The lowest BCUT2D eigenvalue weighted by Gasteiger charge is -2.30. The van der Waals surface area contributed by atoms with Crippen molar-refractivity contribution in [2.24, 2.45) is 5.92 Å². The van der Waals surface area contributed by atoms with E-state index in [4.69, 9.17) is 11.6 Å². The highest BCUT2D eigenvalue weighted by molar-refractivity contribution is 6.30. The Morgan fingerprint density at radius 2 is 1.54 bits per heavy atom. The van der Waals surface area contributed by atoms with Crippen molar-refractivity contribution in [2.45, 2.75) is 32.4 Å². The molecule has 2 aromatic rings. The molecule has 3 aliphatic heterocycles. The third-order valence-corrected chi connectivity index (χ3v) is 6.62. The van der Waals surface area contributed by atoms with Crippen LogP contribution in [0.4, 0.5) is 5.69 Å². The molecule has 2 aromatic carbocycles. The molecule has 0 saturated carbocycles. The van der Waals surface area contributed by atoms with Crippen LogP contribution in [0.25, 0.3) is 0 Å². The summed E-state index contributed by atoms with van der Waals surface area (Å²) < 4.78 is 0. The van der Waals surface area contributed by atoms with Crippen LogP contribution in [0.15, 0.2) is 42.5 Å². The Morgan fingerprint density at radius 1 is 0.857 bits per heavy atom. The summed E-state index contributed by atoms with van der Waals surface area (Å²) >= 11 is 6.07. The molecule has 0 bridgehead atoms. The molecule has 3 fully saturated rings. The average molecular weight is 396 g/mol. The summed E-state index contributed by atoms with van der Waals surface area (Å²) in [6.07, 6.45) is 0.998. The summed E-state index contributed by atoms with van der Waals surface area (Å²) in [5.41, 5.74) is 3.93. The molecular formula is C22H22ClN3O2. The molecule has 0 N–H and O–H groups in total. The summed E-state index contributed by atoms with van der Waals surface area (Å²) in [6.45, 7) is 5.71. The largest absolute Gasteiger partial charge is 0.274 e. The van der Waals surface area contributed by atoms with Gasteiger partial charge in [0, 0.05) is 18.1 Å². The normalized spacial score (nSPS) is 27.5. The quantitative estimate of drug-likeness (QED) is 0.730. The van der Waals surface area contributed by atoms with Crippen molar-refractivity contribution in [3.05, 3.63) is 64.2 Å². The van der Waals surface area contributed by atoms with E-state index >= 15 is 0 Å². The van der Waals surface area contributed by atoms with Gasteiger partial charge in [0.05, 0.1) is 17.6 Å². The first-order valence-electron chi connectivity index (χ1n) is 9.71. The third-order valence-electron chi connectivity index (χ3n) is 6.37. The number of carbonyl (C=O) groups is 2. The number of carbonyl (C=O) groups excluding carboxylic acids is 2. The number of benzene rings is 2. The number of hydrogen-bond acceptors (Lipinski definition) is 4. The van der Waals surface area contributed by atoms with Gasteiger partial charge in [-0.1, -0.05) is 29.8 Å². The Hall–Kier alpha value is -2.21. The summed E-state index contributed by atoms with van der Waals surface area (Å²) in [6, 6.07) is 12.9. The molecule has 0 aliphatic carbocycles. The summed E-state index contributed by atoms with van der Waals surface area (Å²) in [7, 11) is 0. The molecule has 144 valence electrons. The molecule has 3 atom stereocenters. The number of hydrogen-bond donors (Lipinski definition) is 0. The molecule has 0 unspecified atom stereocenters. The maximum absolute atomic E-state index is 13.5. The monoisotopic (exact) mass is 395 g/mol. The van der Waals surface area contributed by atoms with Crippen LogP contribution in [-0.2, 0) is 9.59 Å². The Balaban J connectivity index is 1.58. The Bertz CT molecular complexity index is 974. The number of anilines is 1. The van der Waals surface area contributed by atoms with E-state index in [2.05, 4.69) is 10.0 Å². The van der Waals surface area contributed by atoms with Crippen LogP contribution in [0.3, 0.4) is 0 Å². The van der Waals surface area contributed by atoms with Crippen LogP contribution >= 0.6 is 11.6 Å². The van der Waals surface area contributed by atoms with Crippen LogP contribution in [-0.4, -0.2) is 41.0 Å². The second-order valence-electron chi connectivity index (χ2n) is 7.93. The third kappa shape index (κ3) is 2.47. The van der Waals surface area contributed by atoms with Gasteiger partial charge >= 0.3 is 0 Å². The van der Waals surface area contributed by atoms with E-state index in [9.17, 15) is 9.59 Å². The molecule has 3 aliphatic rings. The highest BCUT2D eigenvalue weighted by Gasteiger charge is 2.62. The zero-order valence-corrected chi connectivity index (χ0v) is 16.7. The molecule has 0 aromatic heterocycles. The maximum atomic E-state index is 13.5. The van der Waals surface area contributed by atoms with E-state index in [1.165, 1.54) is 4.90 Å². The standard InChI is InChI=1S/C22H22ClN3O2/c1-13-4-9-17(12-14(13)2)26-21(27)18-19(15-5-7-16(23)8-6-15)24-10-3-11-25(24)20(18)22(26)28/h4-9,12,18-20H,3,10-11H2,1-2H3/t18-,19+,20+/m0/s1. The van der Waals surface area contributed by atoms with Crippen LogP contribution in [0, 0.1) is 19.8 Å². The van der Waals surface area contributed by atoms with E-state index in [-0.39, 0.29) is 17.9 Å². The maximum Gasteiger partial charge on any atom is 0.253 e. The smallest absolute Gasteiger partial charge is 0.253 e. The zero-order valence-electron chi connectivity index (χ0n) is 15.9. The number of amides is 2. The van der Waals surface area contributed by atoms with Crippen LogP contribution in [0.2, 0.25) is 5.02 Å². The zero-order chi connectivity index (χ0) is 19.6. The van der Waals surface area contributed by atoms with Crippen molar-refractivity contribution < 1.29 is 9.59 Å². The van der Waals surface area contributed by atoms with Crippen molar-refractivity contribution in [3.63, 3.8) is 0 Å². The lowest BCUT2D eigenvalue weighted by molar-refractivity contribution is -0.126. The lowest BCUT2D eigenvalue weighted by Crippen LogP contribution is -2.44. The van der Waals surface area contributed by atoms with Gasteiger partial charge in [-0.15, -0.1) is 0 Å². The molecule has 0 spiro atoms. The van der Waals surface area contributed by atoms with Gasteiger partial charge in [-0.25, -0.2) is 14.9 Å².